The van der Waals surface area contributed by atoms with Crippen LogP contribution in [0.25, 0.3) is 0 Å². The van der Waals surface area contributed by atoms with Crippen LogP contribution in [0.1, 0.15) is 12.5 Å². The second-order valence-electron chi connectivity index (χ2n) is 4.69. The third kappa shape index (κ3) is 4.38. The first-order valence-corrected chi connectivity index (χ1v) is 7.20. The van der Waals surface area contributed by atoms with Gasteiger partial charge in [0.1, 0.15) is 5.75 Å². The minimum atomic E-state index is -0.649. The highest BCUT2D eigenvalue weighted by Gasteiger charge is 2.16. The van der Waals surface area contributed by atoms with Crippen molar-refractivity contribution in [3.05, 3.63) is 58.1 Å². The summed E-state index contributed by atoms with van der Waals surface area (Å²) < 4.78 is 5.55. The van der Waals surface area contributed by atoms with Gasteiger partial charge in [0, 0.05) is 5.02 Å². The number of ether oxygens (including phenoxy) is 1. The summed E-state index contributed by atoms with van der Waals surface area (Å²) in [5, 5.41) is 3.87. The summed E-state index contributed by atoms with van der Waals surface area (Å²) in [5.41, 5.74) is 1.60. The van der Waals surface area contributed by atoms with E-state index >= 15 is 0 Å². The highest BCUT2D eigenvalue weighted by Crippen LogP contribution is 2.23. The van der Waals surface area contributed by atoms with E-state index < -0.39 is 6.10 Å². The maximum atomic E-state index is 12.1. The maximum absolute atomic E-state index is 12.1. The van der Waals surface area contributed by atoms with Gasteiger partial charge in [-0.1, -0.05) is 29.3 Å². The average molecular weight is 324 g/mol. The molecular formula is C16H15Cl2NO2. The molecule has 3 nitrogen and oxygen atoms in total. The lowest BCUT2D eigenvalue weighted by Crippen LogP contribution is -2.30. The lowest BCUT2D eigenvalue weighted by molar-refractivity contribution is -0.122. The van der Waals surface area contributed by atoms with Crippen molar-refractivity contribution in [3.63, 3.8) is 0 Å². The Morgan fingerprint density at radius 1 is 1.14 bits per heavy atom. The van der Waals surface area contributed by atoms with Gasteiger partial charge in [-0.25, -0.2) is 0 Å². The Labute approximate surface area is 133 Å². The number of amides is 1. The molecule has 0 unspecified atom stereocenters. The van der Waals surface area contributed by atoms with E-state index in [4.69, 9.17) is 27.9 Å². The molecule has 1 atom stereocenters. The van der Waals surface area contributed by atoms with E-state index in [0.29, 0.717) is 21.5 Å². The van der Waals surface area contributed by atoms with Gasteiger partial charge in [0.15, 0.2) is 6.10 Å². The molecule has 1 amide bonds. The molecule has 21 heavy (non-hydrogen) atoms. The molecule has 0 aromatic heterocycles. The Balaban J connectivity index is 2.00. The number of carbonyl (C=O) groups is 1. The van der Waals surface area contributed by atoms with Crippen molar-refractivity contribution < 1.29 is 9.53 Å². The topological polar surface area (TPSA) is 38.3 Å². The second kappa shape index (κ2) is 6.83. The van der Waals surface area contributed by atoms with Crippen LogP contribution in [0.5, 0.6) is 5.75 Å². The van der Waals surface area contributed by atoms with Crippen LogP contribution >= 0.6 is 23.2 Å². The molecule has 110 valence electrons. The number of hydrogen-bond donors (Lipinski definition) is 1. The van der Waals surface area contributed by atoms with Crippen LogP contribution in [-0.4, -0.2) is 12.0 Å². The van der Waals surface area contributed by atoms with Crippen molar-refractivity contribution in [2.45, 2.75) is 20.0 Å². The zero-order chi connectivity index (χ0) is 15.4. The fraction of sp³-hybridized carbons (Fsp3) is 0.188. The zero-order valence-electron chi connectivity index (χ0n) is 11.7. The summed E-state index contributed by atoms with van der Waals surface area (Å²) in [6.45, 7) is 3.61. The molecule has 0 bridgehead atoms. The molecule has 2 aromatic rings. The first-order valence-electron chi connectivity index (χ1n) is 6.45. The number of aryl methyl sites for hydroxylation is 1. The summed E-state index contributed by atoms with van der Waals surface area (Å²) in [5.74, 6) is 0.313. The fourth-order valence-corrected chi connectivity index (χ4v) is 2.14. The van der Waals surface area contributed by atoms with Crippen LogP contribution in [0.3, 0.4) is 0 Å². The summed E-state index contributed by atoms with van der Waals surface area (Å²) >= 11 is 11.9. The van der Waals surface area contributed by atoms with Gasteiger partial charge in [0.05, 0.1) is 10.7 Å². The Kier molecular flexibility index (Phi) is 5.10. The van der Waals surface area contributed by atoms with Crippen molar-refractivity contribution in [1.82, 2.24) is 0 Å². The van der Waals surface area contributed by atoms with E-state index in [1.165, 1.54) is 0 Å². The normalized spacial score (nSPS) is 11.8. The molecular weight excluding hydrogens is 309 g/mol. The van der Waals surface area contributed by atoms with Gasteiger partial charge in [-0.05, 0) is 55.8 Å². The third-order valence-electron chi connectivity index (χ3n) is 2.88. The summed E-state index contributed by atoms with van der Waals surface area (Å²) in [7, 11) is 0. The highest BCUT2D eigenvalue weighted by molar-refractivity contribution is 6.33. The molecule has 0 heterocycles. The minimum absolute atomic E-state index is 0.268. The molecule has 5 heteroatoms. The molecule has 0 aliphatic rings. The van der Waals surface area contributed by atoms with E-state index in [0.717, 1.165) is 5.56 Å². The van der Waals surface area contributed by atoms with Crippen molar-refractivity contribution in [2.24, 2.45) is 0 Å². The number of rotatable bonds is 4. The monoisotopic (exact) mass is 323 g/mol. The van der Waals surface area contributed by atoms with Gasteiger partial charge >= 0.3 is 0 Å². The largest absolute Gasteiger partial charge is 0.481 e. The molecule has 2 rings (SSSR count). The number of anilines is 1. The number of benzene rings is 2. The molecule has 0 radical (unpaired) electrons. The molecule has 0 spiro atoms. The standard InChI is InChI=1S/C16H15Cl2NO2/c1-10-3-8-15(14(18)9-10)19-16(20)11(2)21-13-6-4-12(17)5-7-13/h3-9,11H,1-2H3,(H,19,20)/t11-/m0/s1. The van der Waals surface area contributed by atoms with Crippen molar-refractivity contribution in [1.29, 1.82) is 0 Å². The molecule has 0 fully saturated rings. The first kappa shape index (κ1) is 15.7. The van der Waals surface area contributed by atoms with E-state index in [2.05, 4.69) is 5.32 Å². The Hall–Kier alpha value is -1.71. The average Bonchev–Trinajstić information content (AvgIpc) is 2.44. The Morgan fingerprint density at radius 2 is 1.81 bits per heavy atom. The number of nitrogens with one attached hydrogen (secondary N) is 1. The number of carbonyl (C=O) groups excluding carboxylic acids is 1. The minimum Gasteiger partial charge on any atom is -0.481 e. The lowest BCUT2D eigenvalue weighted by atomic mass is 10.2. The molecule has 1 N–H and O–H groups in total. The van der Waals surface area contributed by atoms with Crippen LogP contribution in [0.4, 0.5) is 5.69 Å². The fourth-order valence-electron chi connectivity index (χ4n) is 1.73. The van der Waals surface area contributed by atoms with Crippen LogP contribution in [-0.2, 0) is 4.79 Å². The van der Waals surface area contributed by atoms with Gasteiger partial charge in [-0.15, -0.1) is 0 Å². The van der Waals surface area contributed by atoms with Crippen LogP contribution < -0.4 is 10.1 Å². The van der Waals surface area contributed by atoms with E-state index in [-0.39, 0.29) is 5.91 Å². The van der Waals surface area contributed by atoms with Gasteiger partial charge in [-0.3, -0.25) is 4.79 Å². The van der Waals surface area contributed by atoms with Gasteiger partial charge < -0.3 is 10.1 Å². The Morgan fingerprint density at radius 3 is 2.43 bits per heavy atom. The van der Waals surface area contributed by atoms with Gasteiger partial charge in [0.25, 0.3) is 5.91 Å². The van der Waals surface area contributed by atoms with E-state index in [9.17, 15) is 4.79 Å². The van der Waals surface area contributed by atoms with Crippen molar-refractivity contribution in [2.75, 3.05) is 5.32 Å². The van der Waals surface area contributed by atoms with Crippen LogP contribution in [0.2, 0.25) is 10.0 Å². The third-order valence-corrected chi connectivity index (χ3v) is 3.44. The zero-order valence-corrected chi connectivity index (χ0v) is 13.2. The number of hydrogen-bond acceptors (Lipinski definition) is 2. The van der Waals surface area contributed by atoms with Crippen LogP contribution in [0, 0.1) is 6.92 Å². The van der Waals surface area contributed by atoms with Crippen molar-refractivity contribution >= 4 is 34.8 Å². The second-order valence-corrected chi connectivity index (χ2v) is 5.53. The molecule has 0 aliphatic heterocycles. The summed E-state index contributed by atoms with van der Waals surface area (Å²) in [4.78, 5) is 12.1. The SMILES string of the molecule is Cc1ccc(NC(=O)[C@H](C)Oc2ccc(Cl)cc2)c(Cl)c1. The first-order chi connectivity index (χ1) is 9.95. The van der Waals surface area contributed by atoms with Gasteiger partial charge in [-0.2, -0.15) is 0 Å². The smallest absolute Gasteiger partial charge is 0.265 e. The number of halogens is 2. The quantitative estimate of drug-likeness (QED) is 0.885. The predicted molar refractivity (Wildman–Crippen MR) is 86.4 cm³/mol. The summed E-state index contributed by atoms with van der Waals surface area (Å²) in [6, 6.07) is 12.3. The highest BCUT2D eigenvalue weighted by atomic mass is 35.5. The predicted octanol–water partition coefficient (Wildman–Crippen LogP) is 4.71. The Bertz CT molecular complexity index is 641. The van der Waals surface area contributed by atoms with E-state index in [1.54, 1.807) is 43.3 Å². The van der Waals surface area contributed by atoms with Gasteiger partial charge in [0.2, 0.25) is 0 Å². The lowest BCUT2D eigenvalue weighted by Gasteiger charge is -2.15. The molecule has 0 aliphatic carbocycles. The molecule has 2 aromatic carbocycles. The van der Waals surface area contributed by atoms with E-state index in [1.807, 2.05) is 13.0 Å². The molecule has 0 saturated carbocycles. The van der Waals surface area contributed by atoms with Crippen LogP contribution in [0.15, 0.2) is 42.5 Å². The maximum Gasteiger partial charge on any atom is 0.265 e. The summed E-state index contributed by atoms with van der Waals surface area (Å²) in [6.07, 6.45) is -0.649. The van der Waals surface area contributed by atoms with Crippen molar-refractivity contribution in [3.8, 4) is 5.75 Å². The molecule has 0 saturated heterocycles.